The zero-order valence-electron chi connectivity index (χ0n) is 13.0. The Hall–Kier alpha value is -0.170. The zero-order chi connectivity index (χ0) is 15.2. The van der Waals surface area contributed by atoms with Gasteiger partial charge in [-0.15, -0.1) is 0 Å². The minimum absolute atomic E-state index is 0.0472. The van der Waals surface area contributed by atoms with E-state index in [4.69, 9.17) is 14.2 Å². The van der Waals surface area contributed by atoms with Crippen LogP contribution in [0.4, 0.5) is 0 Å². The number of halogens is 1. The van der Waals surface area contributed by atoms with Gasteiger partial charge in [0.1, 0.15) is 0 Å². The van der Waals surface area contributed by atoms with Gasteiger partial charge in [0.25, 0.3) is 0 Å². The van der Waals surface area contributed by atoms with Gasteiger partial charge in [-0.25, -0.2) is 0 Å². The van der Waals surface area contributed by atoms with Crippen molar-refractivity contribution in [2.24, 2.45) is 0 Å². The van der Waals surface area contributed by atoms with Crippen molar-refractivity contribution in [3.05, 3.63) is 35.9 Å². The summed E-state index contributed by atoms with van der Waals surface area (Å²) in [5, 5.41) is 0. The first kappa shape index (κ1) is 16.7. The lowest BCUT2D eigenvalue weighted by Gasteiger charge is -2.26. The summed E-state index contributed by atoms with van der Waals surface area (Å²) in [7, 11) is 0. The highest BCUT2D eigenvalue weighted by molar-refractivity contribution is 14.1. The van der Waals surface area contributed by atoms with Crippen LogP contribution in [0.15, 0.2) is 30.3 Å². The first-order chi connectivity index (χ1) is 10.8. The molecule has 0 aromatic heterocycles. The average Bonchev–Trinajstić information content (AvgIpc) is 2.89. The Morgan fingerprint density at radius 1 is 1.09 bits per heavy atom. The quantitative estimate of drug-likeness (QED) is 0.506. The molecule has 4 heteroatoms. The molecule has 2 fully saturated rings. The second-order valence-corrected chi connectivity index (χ2v) is 7.87. The minimum atomic E-state index is -0.0472. The molecule has 1 saturated heterocycles. The summed E-state index contributed by atoms with van der Waals surface area (Å²) in [5.74, 6) is 0. The molecular formula is C18H25IO3. The summed E-state index contributed by atoms with van der Waals surface area (Å²) in [6, 6.07) is 10.3. The van der Waals surface area contributed by atoms with E-state index < -0.39 is 0 Å². The lowest BCUT2D eigenvalue weighted by Crippen LogP contribution is -2.28. The van der Waals surface area contributed by atoms with Gasteiger partial charge < -0.3 is 14.2 Å². The molecule has 0 bridgehead atoms. The molecule has 1 aliphatic heterocycles. The highest BCUT2D eigenvalue weighted by Gasteiger charge is 2.36. The predicted molar refractivity (Wildman–Crippen MR) is 95.1 cm³/mol. The molecule has 1 aromatic rings. The summed E-state index contributed by atoms with van der Waals surface area (Å²) in [6.45, 7) is 1.31. The summed E-state index contributed by atoms with van der Waals surface area (Å²) in [4.78, 5) is 0. The van der Waals surface area contributed by atoms with Crippen molar-refractivity contribution < 1.29 is 14.2 Å². The van der Waals surface area contributed by atoms with Crippen LogP contribution in [0.2, 0.25) is 0 Å². The SMILES string of the molecule is I[C@@H]1C[C@@H](COCc2ccccc2)O[C@@H]1OC1CCCCC1. The zero-order valence-corrected chi connectivity index (χ0v) is 15.1. The van der Waals surface area contributed by atoms with Crippen LogP contribution in [0, 0.1) is 0 Å². The normalized spacial score (nSPS) is 29.8. The Morgan fingerprint density at radius 3 is 2.64 bits per heavy atom. The van der Waals surface area contributed by atoms with Gasteiger partial charge in [0, 0.05) is 0 Å². The molecule has 0 spiro atoms. The Balaban J connectivity index is 1.38. The van der Waals surface area contributed by atoms with E-state index in [1.54, 1.807) is 0 Å². The molecule has 1 saturated carbocycles. The van der Waals surface area contributed by atoms with E-state index in [-0.39, 0.29) is 12.4 Å². The van der Waals surface area contributed by atoms with Gasteiger partial charge >= 0.3 is 0 Å². The van der Waals surface area contributed by atoms with Crippen molar-refractivity contribution in [1.29, 1.82) is 0 Å². The van der Waals surface area contributed by atoms with Crippen LogP contribution < -0.4 is 0 Å². The molecule has 3 nitrogen and oxygen atoms in total. The lowest BCUT2D eigenvalue weighted by atomic mass is 9.98. The van der Waals surface area contributed by atoms with Crippen molar-refractivity contribution in [1.82, 2.24) is 0 Å². The Morgan fingerprint density at radius 2 is 1.86 bits per heavy atom. The van der Waals surface area contributed by atoms with Crippen LogP contribution in [-0.2, 0) is 20.8 Å². The molecule has 0 amide bonds. The van der Waals surface area contributed by atoms with Crippen LogP contribution in [-0.4, -0.2) is 29.0 Å². The minimum Gasteiger partial charge on any atom is -0.374 e. The molecular weight excluding hydrogens is 391 g/mol. The predicted octanol–water partition coefficient (Wildman–Crippen LogP) is 4.47. The van der Waals surface area contributed by atoms with E-state index in [1.807, 2.05) is 18.2 Å². The molecule has 3 rings (SSSR count). The van der Waals surface area contributed by atoms with Gasteiger partial charge in [-0.2, -0.15) is 0 Å². The number of ether oxygens (including phenoxy) is 3. The fourth-order valence-corrected chi connectivity index (χ4v) is 4.10. The number of hydrogen-bond acceptors (Lipinski definition) is 3. The molecule has 3 atom stereocenters. The molecule has 1 heterocycles. The first-order valence-electron chi connectivity index (χ1n) is 8.38. The second kappa shape index (κ2) is 8.62. The maximum Gasteiger partial charge on any atom is 0.170 e. The van der Waals surface area contributed by atoms with Crippen LogP contribution >= 0.6 is 22.6 Å². The van der Waals surface area contributed by atoms with Gasteiger partial charge in [-0.3, -0.25) is 0 Å². The first-order valence-corrected chi connectivity index (χ1v) is 9.62. The number of benzene rings is 1. The third-order valence-corrected chi connectivity index (χ3v) is 5.50. The molecule has 0 N–H and O–H groups in total. The van der Waals surface area contributed by atoms with Gasteiger partial charge in [0.2, 0.25) is 0 Å². The fraction of sp³-hybridized carbons (Fsp3) is 0.667. The van der Waals surface area contributed by atoms with Gasteiger partial charge in [0.15, 0.2) is 6.29 Å². The largest absolute Gasteiger partial charge is 0.374 e. The van der Waals surface area contributed by atoms with Crippen molar-refractivity contribution in [3.63, 3.8) is 0 Å². The van der Waals surface area contributed by atoms with E-state index in [1.165, 1.54) is 37.7 Å². The summed E-state index contributed by atoms with van der Waals surface area (Å²) in [6.07, 6.45) is 7.88. The van der Waals surface area contributed by atoms with Crippen LogP contribution in [0.5, 0.6) is 0 Å². The maximum absolute atomic E-state index is 6.17. The topological polar surface area (TPSA) is 27.7 Å². The Labute approximate surface area is 146 Å². The fourth-order valence-electron chi connectivity index (χ4n) is 3.19. The number of alkyl halides is 1. The van der Waals surface area contributed by atoms with E-state index in [9.17, 15) is 0 Å². The number of hydrogen-bond donors (Lipinski definition) is 0. The van der Waals surface area contributed by atoms with Gasteiger partial charge in [0.05, 0.1) is 29.3 Å². The van der Waals surface area contributed by atoms with Gasteiger partial charge in [-0.05, 0) is 24.8 Å². The maximum atomic E-state index is 6.17. The highest BCUT2D eigenvalue weighted by atomic mass is 127. The smallest absolute Gasteiger partial charge is 0.170 e. The van der Waals surface area contributed by atoms with Crippen LogP contribution in [0.25, 0.3) is 0 Å². The van der Waals surface area contributed by atoms with E-state index in [0.29, 0.717) is 23.2 Å². The molecule has 0 unspecified atom stereocenters. The van der Waals surface area contributed by atoms with Crippen LogP contribution in [0.3, 0.4) is 0 Å². The highest BCUT2D eigenvalue weighted by Crippen LogP contribution is 2.31. The van der Waals surface area contributed by atoms with Crippen molar-refractivity contribution in [2.45, 2.75) is 67.6 Å². The van der Waals surface area contributed by atoms with E-state index in [2.05, 4.69) is 34.7 Å². The van der Waals surface area contributed by atoms with E-state index in [0.717, 1.165) is 6.42 Å². The molecule has 0 radical (unpaired) electrons. The molecule has 22 heavy (non-hydrogen) atoms. The summed E-state index contributed by atoms with van der Waals surface area (Å²) >= 11 is 2.46. The lowest BCUT2D eigenvalue weighted by molar-refractivity contribution is -0.172. The molecule has 1 aliphatic carbocycles. The van der Waals surface area contributed by atoms with E-state index >= 15 is 0 Å². The van der Waals surface area contributed by atoms with Crippen molar-refractivity contribution >= 4 is 22.6 Å². The Kier molecular flexibility index (Phi) is 6.53. The van der Waals surface area contributed by atoms with Crippen molar-refractivity contribution in [3.8, 4) is 0 Å². The number of rotatable bonds is 6. The molecule has 1 aromatic carbocycles. The Bertz CT molecular complexity index is 433. The summed E-state index contributed by atoms with van der Waals surface area (Å²) < 4.78 is 18.5. The molecule has 2 aliphatic rings. The van der Waals surface area contributed by atoms with Crippen molar-refractivity contribution in [2.75, 3.05) is 6.61 Å². The molecule has 122 valence electrons. The van der Waals surface area contributed by atoms with Gasteiger partial charge in [-0.1, -0.05) is 72.2 Å². The monoisotopic (exact) mass is 416 g/mol. The standard InChI is InChI=1S/C18H25IO3/c19-17-11-16(13-20-12-14-7-3-1-4-8-14)22-18(17)21-15-9-5-2-6-10-15/h1,3-4,7-8,15-18H,2,5-6,9-13H2/t16-,17+,18-/m0/s1. The third kappa shape index (κ3) is 4.91. The second-order valence-electron chi connectivity index (χ2n) is 6.28. The third-order valence-electron chi connectivity index (χ3n) is 4.40. The average molecular weight is 416 g/mol. The van der Waals surface area contributed by atoms with Crippen LogP contribution in [0.1, 0.15) is 44.1 Å². The summed E-state index contributed by atoms with van der Waals surface area (Å²) in [5.41, 5.74) is 1.21.